The van der Waals surface area contributed by atoms with E-state index in [9.17, 15) is 4.79 Å². The van der Waals surface area contributed by atoms with E-state index < -0.39 is 12.1 Å². The third kappa shape index (κ3) is 6.13. The number of carboxylic acid groups (broad SMARTS) is 1. The molecule has 0 heterocycles. The molecule has 0 aromatic heterocycles. The molecule has 0 amide bonds. The van der Waals surface area contributed by atoms with Crippen molar-refractivity contribution in [2.24, 2.45) is 0 Å². The fourth-order valence-corrected chi connectivity index (χ4v) is 0.921. The normalized spacial score (nSPS) is 12.9. The van der Waals surface area contributed by atoms with E-state index in [0.29, 0.717) is 12.3 Å². The molecule has 0 radical (unpaired) electrons. The molecule has 0 aliphatic heterocycles. The van der Waals surface area contributed by atoms with Gasteiger partial charge >= 0.3 is 5.97 Å². The van der Waals surface area contributed by atoms with E-state index in [-0.39, 0.29) is 0 Å². The second kappa shape index (κ2) is 6.43. The molecule has 0 fully saturated rings. The Labute approximate surface area is 71.0 Å². The van der Waals surface area contributed by atoms with Gasteiger partial charge in [-0.05, 0) is 12.8 Å². The summed E-state index contributed by atoms with van der Waals surface area (Å²) in [4.78, 5) is 10.1. The first kappa shape index (κ1) is 10.7. The summed E-state index contributed by atoms with van der Waals surface area (Å²) in [5.74, 6) is -0.542. The van der Waals surface area contributed by atoms with Gasteiger partial charge in [-0.2, -0.15) is 0 Å². The van der Waals surface area contributed by atoms with Gasteiger partial charge in [0.25, 0.3) is 0 Å². The van der Waals surface area contributed by atoms with E-state index in [2.05, 4.69) is 0 Å². The number of aliphatic hydroxyl groups excluding tert-OH is 1. The lowest BCUT2D eigenvalue weighted by atomic mass is 10.1. The molecular weight excluding hydrogens is 168 g/mol. The molecule has 11 heavy (non-hydrogen) atoms. The van der Waals surface area contributed by atoms with Crippen LogP contribution in [-0.4, -0.2) is 28.2 Å². The summed E-state index contributed by atoms with van der Waals surface area (Å²) >= 11 is 5.40. The highest BCUT2D eigenvalue weighted by Gasteiger charge is 2.11. The second-order valence-electron chi connectivity index (χ2n) is 2.39. The first-order valence-corrected chi connectivity index (χ1v) is 4.18. The molecule has 66 valence electrons. The van der Waals surface area contributed by atoms with Gasteiger partial charge in [0.1, 0.15) is 0 Å². The second-order valence-corrected chi connectivity index (χ2v) is 2.77. The van der Waals surface area contributed by atoms with Crippen LogP contribution in [0, 0.1) is 0 Å². The van der Waals surface area contributed by atoms with Crippen molar-refractivity contribution in [3.8, 4) is 0 Å². The molecule has 0 rings (SSSR count). The van der Waals surface area contributed by atoms with E-state index in [1.165, 1.54) is 0 Å². The van der Waals surface area contributed by atoms with Crippen LogP contribution in [0.4, 0.5) is 0 Å². The Morgan fingerprint density at radius 1 is 1.36 bits per heavy atom. The Kier molecular flexibility index (Phi) is 6.27. The molecule has 2 N–H and O–H groups in total. The van der Waals surface area contributed by atoms with Gasteiger partial charge < -0.3 is 10.2 Å². The summed E-state index contributed by atoms with van der Waals surface area (Å²) in [6, 6.07) is 0. The highest BCUT2D eigenvalue weighted by atomic mass is 35.5. The predicted molar refractivity (Wildman–Crippen MR) is 42.8 cm³/mol. The number of halogens is 1. The van der Waals surface area contributed by atoms with Gasteiger partial charge in [0.05, 0.1) is 0 Å². The van der Waals surface area contributed by atoms with Crippen molar-refractivity contribution >= 4 is 17.6 Å². The van der Waals surface area contributed by atoms with Crippen LogP contribution in [0.2, 0.25) is 0 Å². The topological polar surface area (TPSA) is 57.5 Å². The molecule has 0 aromatic rings. The number of hydrogen-bond acceptors (Lipinski definition) is 2. The summed E-state index contributed by atoms with van der Waals surface area (Å²) in [7, 11) is 0. The first-order valence-electron chi connectivity index (χ1n) is 3.65. The number of carbonyl (C=O) groups is 1. The van der Waals surface area contributed by atoms with E-state index in [4.69, 9.17) is 21.8 Å². The van der Waals surface area contributed by atoms with Crippen molar-refractivity contribution in [3.63, 3.8) is 0 Å². The Morgan fingerprint density at radius 3 is 2.45 bits per heavy atom. The van der Waals surface area contributed by atoms with E-state index in [0.717, 1.165) is 19.3 Å². The van der Waals surface area contributed by atoms with Crippen LogP contribution in [0.3, 0.4) is 0 Å². The number of aliphatic hydroxyl groups is 1. The van der Waals surface area contributed by atoms with Gasteiger partial charge in [0.15, 0.2) is 6.10 Å². The van der Waals surface area contributed by atoms with Crippen molar-refractivity contribution in [3.05, 3.63) is 0 Å². The van der Waals surface area contributed by atoms with Crippen LogP contribution in [-0.2, 0) is 4.79 Å². The highest BCUT2D eigenvalue weighted by molar-refractivity contribution is 6.17. The molecule has 1 atom stereocenters. The Balaban J connectivity index is 3.17. The van der Waals surface area contributed by atoms with Crippen LogP contribution in [0.1, 0.15) is 25.7 Å². The molecule has 0 spiro atoms. The van der Waals surface area contributed by atoms with Crippen molar-refractivity contribution < 1.29 is 15.0 Å². The highest BCUT2D eigenvalue weighted by Crippen LogP contribution is 2.04. The SMILES string of the molecule is O=C(O)C(O)CCCCCCl. The fourth-order valence-electron chi connectivity index (χ4n) is 0.732. The summed E-state index contributed by atoms with van der Waals surface area (Å²) in [5.41, 5.74) is 0. The zero-order valence-corrected chi connectivity index (χ0v) is 7.05. The van der Waals surface area contributed by atoms with Crippen molar-refractivity contribution in [2.45, 2.75) is 31.8 Å². The maximum absolute atomic E-state index is 10.1. The molecular formula is C7H13ClO3. The first-order chi connectivity index (χ1) is 5.18. The molecule has 4 heteroatoms. The minimum atomic E-state index is -1.20. The van der Waals surface area contributed by atoms with Crippen LogP contribution in [0.15, 0.2) is 0 Å². The fraction of sp³-hybridized carbons (Fsp3) is 0.857. The van der Waals surface area contributed by atoms with Gasteiger partial charge in [0, 0.05) is 5.88 Å². The number of alkyl halides is 1. The molecule has 1 unspecified atom stereocenters. The molecule has 0 saturated carbocycles. The van der Waals surface area contributed by atoms with E-state index in [1.807, 2.05) is 0 Å². The Morgan fingerprint density at radius 2 is 2.00 bits per heavy atom. The Bertz CT molecular complexity index is 116. The largest absolute Gasteiger partial charge is 0.479 e. The summed E-state index contributed by atoms with van der Waals surface area (Å²) in [6.45, 7) is 0. The average Bonchev–Trinajstić information content (AvgIpc) is 1.97. The maximum atomic E-state index is 10.1. The maximum Gasteiger partial charge on any atom is 0.332 e. The molecule has 0 aliphatic rings. The van der Waals surface area contributed by atoms with Crippen LogP contribution in [0.25, 0.3) is 0 Å². The summed E-state index contributed by atoms with van der Waals surface area (Å²) in [5, 5.41) is 17.1. The van der Waals surface area contributed by atoms with Gasteiger partial charge in [-0.25, -0.2) is 4.79 Å². The lowest BCUT2D eigenvalue weighted by molar-refractivity contribution is -0.146. The van der Waals surface area contributed by atoms with Crippen LogP contribution < -0.4 is 0 Å². The van der Waals surface area contributed by atoms with Crippen LogP contribution >= 0.6 is 11.6 Å². The number of aliphatic carboxylic acids is 1. The molecule has 0 aromatic carbocycles. The lowest BCUT2D eigenvalue weighted by Gasteiger charge is -2.03. The monoisotopic (exact) mass is 180 g/mol. The minimum Gasteiger partial charge on any atom is -0.479 e. The van der Waals surface area contributed by atoms with Gasteiger partial charge in [-0.1, -0.05) is 12.8 Å². The quantitative estimate of drug-likeness (QED) is 0.478. The standard InChI is InChI=1S/C7H13ClO3/c8-5-3-1-2-4-6(9)7(10)11/h6,9H,1-5H2,(H,10,11). The van der Waals surface area contributed by atoms with Gasteiger partial charge in [0.2, 0.25) is 0 Å². The van der Waals surface area contributed by atoms with Crippen molar-refractivity contribution in [2.75, 3.05) is 5.88 Å². The minimum absolute atomic E-state index is 0.326. The zero-order valence-electron chi connectivity index (χ0n) is 6.29. The van der Waals surface area contributed by atoms with E-state index in [1.54, 1.807) is 0 Å². The number of hydrogen-bond donors (Lipinski definition) is 2. The molecule has 0 saturated heterocycles. The smallest absolute Gasteiger partial charge is 0.332 e. The third-order valence-corrected chi connectivity index (χ3v) is 1.66. The summed E-state index contributed by atoms with van der Waals surface area (Å²) in [6.07, 6.45) is 1.61. The lowest BCUT2D eigenvalue weighted by Crippen LogP contribution is -2.18. The molecule has 0 bridgehead atoms. The van der Waals surface area contributed by atoms with Crippen LogP contribution in [0.5, 0.6) is 0 Å². The van der Waals surface area contributed by atoms with Gasteiger partial charge in [-0.3, -0.25) is 0 Å². The van der Waals surface area contributed by atoms with Crippen molar-refractivity contribution in [1.82, 2.24) is 0 Å². The summed E-state index contributed by atoms with van der Waals surface area (Å²) < 4.78 is 0. The Hall–Kier alpha value is -0.280. The zero-order chi connectivity index (χ0) is 8.69. The number of carboxylic acids is 1. The average molecular weight is 181 g/mol. The van der Waals surface area contributed by atoms with E-state index >= 15 is 0 Å². The van der Waals surface area contributed by atoms with Gasteiger partial charge in [-0.15, -0.1) is 11.6 Å². The molecule has 3 nitrogen and oxygen atoms in total. The number of unbranched alkanes of at least 4 members (excludes halogenated alkanes) is 2. The molecule has 0 aliphatic carbocycles. The third-order valence-electron chi connectivity index (χ3n) is 1.40. The number of rotatable bonds is 6. The van der Waals surface area contributed by atoms with Crippen molar-refractivity contribution in [1.29, 1.82) is 0 Å². The predicted octanol–water partition coefficient (Wildman–Crippen LogP) is 1.23.